The summed E-state index contributed by atoms with van der Waals surface area (Å²) in [7, 11) is 2.05. The van der Waals surface area contributed by atoms with Gasteiger partial charge in [-0.25, -0.2) is 8.78 Å². The number of alkyl halides is 3. The molecule has 200 valence electrons. The van der Waals surface area contributed by atoms with Crippen LogP contribution in [0.25, 0.3) is 0 Å². The van der Waals surface area contributed by atoms with Crippen LogP contribution < -0.4 is 10.1 Å². The molecule has 2 atom stereocenters. The van der Waals surface area contributed by atoms with Crippen LogP contribution in [0.1, 0.15) is 36.3 Å². The zero-order valence-corrected chi connectivity index (χ0v) is 20.3. The topological polar surface area (TPSA) is 67.9 Å². The van der Waals surface area contributed by atoms with E-state index in [4.69, 9.17) is 9.47 Å². The Bertz CT molecular complexity index is 1170. The van der Waals surface area contributed by atoms with Gasteiger partial charge in [-0.1, -0.05) is 30.3 Å². The zero-order valence-electron chi connectivity index (χ0n) is 20.3. The molecule has 2 aliphatic rings. The van der Waals surface area contributed by atoms with Crippen LogP contribution in [0.2, 0.25) is 0 Å². The zero-order chi connectivity index (χ0) is 27.0. The second kappa shape index (κ2) is 9.92. The molecule has 2 aromatic carbocycles. The molecule has 0 aliphatic carbocycles. The average molecular weight is 527 g/mol. The van der Waals surface area contributed by atoms with E-state index in [0.29, 0.717) is 0 Å². The van der Waals surface area contributed by atoms with Gasteiger partial charge in [-0.15, -0.1) is 0 Å². The lowest BCUT2D eigenvalue weighted by molar-refractivity contribution is -0.271. The van der Waals surface area contributed by atoms with Gasteiger partial charge in [-0.3, -0.25) is 9.59 Å². The van der Waals surface area contributed by atoms with Gasteiger partial charge in [0.25, 0.3) is 11.5 Å². The van der Waals surface area contributed by atoms with Crippen molar-refractivity contribution in [3.63, 3.8) is 0 Å². The van der Waals surface area contributed by atoms with Gasteiger partial charge in [0.2, 0.25) is 5.91 Å². The number of rotatable bonds is 5. The van der Waals surface area contributed by atoms with Crippen LogP contribution in [0.3, 0.4) is 0 Å². The number of carbonyl (C=O) groups excluding carboxylic acids is 2. The summed E-state index contributed by atoms with van der Waals surface area (Å²) < 4.78 is 82.7. The first-order valence-corrected chi connectivity index (χ1v) is 11.8. The molecule has 2 saturated heterocycles. The monoisotopic (exact) mass is 526 g/mol. The maximum atomic E-state index is 15.0. The molecule has 1 N–H and O–H groups in total. The number of nitrogens with zero attached hydrogens (tertiary/aromatic N) is 1. The Morgan fingerprint density at radius 1 is 1.03 bits per heavy atom. The Morgan fingerprint density at radius 3 is 2.22 bits per heavy atom. The highest BCUT2D eigenvalue weighted by Gasteiger charge is 2.64. The summed E-state index contributed by atoms with van der Waals surface area (Å²) in [6.45, 7) is -0.260. The molecule has 2 aliphatic heterocycles. The van der Waals surface area contributed by atoms with Crippen molar-refractivity contribution in [1.82, 2.24) is 10.2 Å². The highest BCUT2D eigenvalue weighted by atomic mass is 19.4. The number of methoxy groups -OCH3 is 2. The minimum atomic E-state index is -5.05. The average Bonchev–Trinajstić information content (AvgIpc) is 2.86. The Hall–Kier alpha value is -3.21. The van der Waals surface area contributed by atoms with Gasteiger partial charge in [0.15, 0.2) is 11.6 Å². The molecule has 1 unspecified atom stereocenters. The van der Waals surface area contributed by atoms with Crippen molar-refractivity contribution >= 4 is 11.8 Å². The Morgan fingerprint density at radius 2 is 1.65 bits per heavy atom. The number of carbonyl (C=O) groups is 2. The van der Waals surface area contributed by atoms with Crippen molar-refractivity contribution in [3.05, 3.63) is 65.2 Å². The number of amides is 2. The molecule has 2 heterocycles. The number of benzene rings is 2. The SMILES string of the molecule is COc1c(F)ccc(F)c1C1CNC(=O)CC12CCN(C(=O)[C@](OC)(c1ccccc1)C(F)(F)F)CC2. The molecule has 0 bridgehead atoms. The van der Waals surface area contributed by atoms with E-state index in [0.717, 1.165) is 24.1 Å². The Balaban J connectivity index is 1.68. The molecule has 2 fully saturated rings. The molecule has 4 rings (SSSR count). The summed E-state index contributed by atoms with van der Waals surface area (Å²) >= 11 is 0. The lowest BCUT2D eigenvalue weighted by Gasteiger charge is -2.50. The summed E-state index contributed by atoms with van der Waals surface area (Å²) in [5.74, 6) is -4.04. The van der Waals surface area contributed by atoms with Crippen molar-refractivity contribution in [2.45, 2.75) is 37.0 Å². The minimum absolute atomic E-state index is 0.00190. The van der Waals surface area contributed by atoms with Crippen LogP contribution in [0.5, 0.6) is 5.75 Å². The summed E-state index contributed by atoms with van der Waals surface area (Å²) in [5.41, 5.74) is -4.51. The quantitative estimate of drug-likeness (QED) is 0.591. The van der Waals surface area contributed by atoms with Crippen molar-refractivity contribution in [2.75, 3.05) is 33.9 Å². The smallest absolute Gasteiger partial charge is 0.430 e. The van der Waals surface area contributed by atoms with E-state index >= 15 is 0 Å². The third kappa shape index (κ3) is 4.43. The van der Waals surface area contributed by atoms with Crippen molar-refractivity contribution in [2.24, 2.45) is 5.41 Å². The van der Waals surface area contributed by atoms with Crippen molar-refractivity contribution in [3.8, 4) is 5.75 Å². The van der Waals surface area contributed by atoms with E-state index in [1.807, 2.05) is 0 Å². The van der Waals surface area contributed by atoms with E-state index in [-0.39, 0.29) is 61.7 Å². The van der Waals surface area contributed by atoms with E-state index in [1.165, 1.54) is 37.4 Å². The molecular formula is C26H27F5N2O4. The molecule has 6 nitrogen and oxygen atoms in total. The maximum absolute atomic E-state index is 15.0. The van der Waals surface area contributed by atoms with E-state index < -0.39 is 40.7 Å². The first kappa shape index (κ1) is 26.8. The van der Waals surface area contributed by atoms with Gasteiger partial charge < -0.3 is 19.7 Å². The van der Waals surface area contributed by atoms with E-state index in [1.54, 1.807) is 0 Å². The third-order valence-electron chi connectivity index (χ3n) is 7.64. The molecule has 2 amide bonds. The Kier molecular flexibility index (Phi) is 7.20. The summed E-state index contributed by atoms with van der Waals surface area (Å²) in [4.78, 5) is 26.9. The lowest BCUT2D eigenvalue weighted by Crippen LogP contribution is -2.60. The van der Waals surface area contributed by atoms with Crippen molar-refractivity contribution in [1.29, 1.82) is 0 Å². The number of piperidine rings is 2. The predicted octanol–water partition coefficient (Wildman–Crippen LogP) is 4.29. The number of hydrogen-bond acceptors (Lipinski definition) is 4. The first-order valence-electron chi connectivity index (χ1n) is 11.8. The normalized spacial score (nSPS) is 21.3. The predicted molar refractivity (Wildman–Crippen MR) is 123 cm³/mol. The molecule has 37 heavy (non-hydrogen) atoms. The van der Waals surface area contributed by atoms with Gasteiger partial charge in [-0.2, -0.15) is 13.2 Å². The molecule has 0 aromatic heterocycles. The van der Waals surface area contributed by atoms with Crippen LogP contribution in [0, 0.1) is 17.0 Å². The highest BCUT2D eigenvalue weighted by Crippen LogP contribution is 2.52. The summed E-state index contributed by atoms with van der Waals surface area (Å²) in [6.07, 6.45) is -4.91. The van der Waals surface area contributed by atoms with Crippen LogP contribution in [0.4, 0.5) is 22.0 Å². The van der Waals surface area contributed by atoms with Gasteiger partial charge in [-0.05, 0) is 30.4 Å². The number of ether oxygens (including phenoxy) is 2. The van der Waals surface area contributed by atoms with Crippen LogP contribution in [-0.2, 0) is 19.9 Å². The summed E-state index contributed by atoms with van der Waals surface area (Å²) in [6, 6.07) is 8.59. The number of likely N-dealkylation sites (tertiary alicyclic amines) is 1. The number of halogens is 5. The van der Waals surface area contributed by atoms with E-state index in [2.05, 4.69) is 5.32 Å². The molecule has 0 radical (unpaired) electrons. The second-order valence-corrected chi connectivity index (χ2v) is 9.41. The fourth-order valence-electron chi connectivity index (χ4n) is 5.73. The minimum Gasteiger partial charge on any atom is -0.493 e. The number of nitrogens with one attached hydrogen (secondary N) is 1. The van der Waals surface area contributed by atoms with Gasteiger partial charge in [0.05, 0.1) is 7.11 Å². The first-order chi connectivity index (χ1) is 17.5. The van der Waals surface area contributed by atoms with E-state index in [9.17, 15) is 31.5 Å². The largest absolute Gasteiger partial charge is 0.493 e. The van der Waals surface area contributed by atoms with Gasteiger partial charge in [0.1, 0.15) is 5.82 Å². The number of hydrogen-bond donors (Lipinski definition) is 1. The maximum Gasteiger partial charge on any atom is 0.430 e. The Labute approximate surface area is 210 Å². The fourth-order valence-corrected chi connectivity index (χ4v) is 5.73. The molecular weight excluding hydrogens is 499 g/mol. The summed E-state index contributed by atoms with van der Waals surface area (Å²) in [5, 5.41) is 2.68. The fraction of sp³-hybridized carbons (Fsp3) is 0.462. The molecule has 1 spiro atoms. The second-order valence-electron chi connectivity index (χ2n) is 9.41. The van der Waals surface area contributed by atoms with Crippen molar-refractivity contribution < 1.29 is 41.0 Å². The lowest BCUT2D eigenvalue weighted by atomic mass is 9.62. The molecule has 11 heteroatoms. The van der Waals surface area contributed by atoms with Crippen LogP contribution in [0.15, 0.2) is 42.5 Å². The van der Waals surface area contributed by atoms with Crippen LogP contribution >= 0.6 is 0 Å². The third-order valence-corrected chi connectivity index (χ3v) is 7.64. The van der Waals surface area contributed by atoms with Crippen LogP contribution in [-0.4, -0.2) is 56.7 Å². The van der Waals surface area contributed by atoms with Gasteiger partial charge in [0, 0.05) is 50.2 Å². The molecule has 2 aromatic rings. The molecule has 0 saturated carbocycles. The standard InChI is InChI=1S/C26H27F5N2O4/c1-36-22-19(28)9-8-18(27)21(22)17-15-32-20(34)14-24(17)10-12-33(13-11-24)23(35)25(37-2,26(29,30)31)16-6-4-3-5-7-16/h3-9,17H,10-15H2,1-2H3,(H,32,34)/t17?,25-/m1/s1. The highest BCUT2D eigenvalue weighted by molar-refractivity contribution is 5.88. The van der Waals surface area contributed by atoms with Gasteiger partial charge >= 0.3 is 6.18 Å².